The van der Waals surface area contributed by atoms with E-state index in [1.807, 2.05) is 6.92 Å². The van der Waals surface area contributed by atoms with Crippen LogP contribution in [0.15, 0.2) is 24.3 Å². The first-order valence-electron chi connectivity index (χ1n) is 6.33. The van der Waals surface area contributed by atoms with Gasteiger partial charge in [-0.15, -0.1) is 0 Å². The zero-order valence-corrected chi connectivity index (χ0v) is 11.2. The molecule has 0 radical (unpaired) electrons. The van der Waals surface area contributed by atoms with E-state index in [1.54, 1.807) is 0 Å². The highest BCUT2D eigenvalue weighted by Gasteiger charge is 2.30. The molecule has 0 amide bonds. The fraction of sp³-hybridized carbons (Fsp3) is 0.500. The lowest BCUT2D eigenvalue weighted by molar-refractivity contribution is -0.142. The van der Waals surface area contributed by atoms with Gasteiger partial charge in [0.2, 0.25) is 0 Å². The zero-order valence-electron chi connectivity index (χ0n) is 11.2. The summed E-state index contributed by atoms with van der Waals surface area (Å²) in [5.74, 6) is -1.51. The zero-order chi connectivity index (χ0) is 15.3. The van der Waals surface area contributed by atoms with Crippen LogP contribution in [-0.4, -0.2) is 17.6 Å². The molecule has 0 heterocycles. The largest absolute Gasteiger partial charge is 0.481 e. The van der Waals surface area contributed by atoms with Gasteiger partial charge in [-0.05, 0) is 36.5 Å². The molecule has 2 unspecified atom stereocenters. The molecule has 112 valence electrons. The third kappa shape index (κ3) is 4.85. The highest BCUT2D eigenvalue weighted by molar-refractivity contribution is 5.70. The Bertz CT molecular complexity index is 443. The molecular weight excluding hydrogens is 271 g/mol. The van der Waals surface area contributed by atoms with Gasteiger partial charge in [-0.3, -0.25) is 4.79 Å². The predicted octanol–water partition coefficient (Wildman–Crippen LogP) is 2.93. The van der Waals surface area contributed by atoms with Gasteiger partial charge in [-0.25, -0.2) is 0 Å². The van der Waals surface area contributed by atoms with Gasteiger partial charge in [-0.1, -0.05) is 19.1 Å². The maximum Gasteiger partial charge on any atom is 0.416 e. The molecule has 0 saturated heterocycles. The van der Waals surface area contributed by atoms with E-state index in [4.69, 9.17) is 10.8 Å². The van der Waals surface area contributed by atoms with Gasteiger partial charge in [0.1, 0.15) is 0 Å². The third-order valence-corrected chi connectivity index (χ3v) is 3.19. The lowest BCUT2D eigenvalue weighted by Crippen LogP contribution is -2.25. The summed E-state index contributed by atoms with van der Waals surface area (Å²) in [4.78, 5) is 10.9. The average molecular weight is 289 g/mol. The second kappa shape index (κ2) is 6.74. The lowest BCUT2D eigenvalue weighted by atomic mass is 9.90. The van der Waals surface area contributed by atoms with Crippen LogP contribution in [0.2, 0.25) is 0 Å². The number of alkyl halides is 3. The molecular formula is C14H18F3NO2. The fourth-order valence-electron chi connectivity index (χ4n) is 2.10. The van der Waals surface area contributed by atoms with Crippen molar-refractivity contribution in [3.63, 3.8) is 0 Å². The minimum Gasteiger partial charge on any atom is -0.481 e. The number of rotatable bonds is 6. The van der Waals surface area contributed by atoms with Crippen LogP contribution in [0.25, 0.3) is 0 Å². The number of carboxylic acid groups (broad SMARTS) is 1. The summed E-state index contributed by atoms with van der Waals surface area (Å²) in [5.41, 5.74) is 5.45. The van der Waals surface area contributed by atoms with Crippen molar-refractivity contribution in [3.8, 4) is 0 Å². The number of benzene rings is 1. The summed E-state index contributed by atoms with van der Waals surface area (Å²) in [6.07, 6.45) is -3.40. The number of aliphatic carboxylic acids is 1. The molecule has 3 N–H and O–H groups in total. The minimum absolute atomic E-state index is 0.0383. The summed E-state index contributed by atoms with van der Waals surface area (Å²) in [5, 5.41) is 8.91. The van der Waals surface area contributed by atoms with Crippen LogP contribution < -0.4 is 5.73 Å². The molecule has 0 aliphatic carbocycles. The van der Waals surface area contributed by atoms with Gasteiger partial charge in [0.05, 0.1) is 11.5 Å². The molecule has 0 spiro atoms. The molecule has 0 saturated carbocycles. The van der Waals surface area contributed by atoms with Crippen molar-refractivity contribution in [1.29, 1.82) is 0 Å². The lowest BCUT2D eigenvalue weighted by Gasteiger charge is -2.16. The summed E-state index contributed by atoms with van der Waals surface area (Å²) in [7, 11) is 0. The molecule has 0 bridgehead atoms. The maximum atomic E-state index is 12.4. The van der Waals surface area contributed by atoms with Gasteiger partial charge in [0, 0.05) is 6.54 Å². The third-order valence-electron chi connectivity index (χ3n) is 3.19. The van der Waals surface area contributed by atoms with Crippen LogP contribution in [0.4, 0.5) is 13.2 Å². The van der Waals surface area contributed by atoms with E-state index in [9.17, 15) is 18.0 Å². The van der Waals surface area contributed by atoms with Crippen LogP contribution in [0.3, 0.4) is 0 Å². The Morgan fingerprint density at radius 3 is 2.25 bits per heavy atom. The first kappa shape index (κ1) is 16.5. The van der Waals surface area contributed by atoms with E-state index >= 15 is 0 Å². The second-order valence-electron chi connectivity index (χ2n) is 5.01. The van der Waals surface area contributed by atoms with Crippen molar-refractivity contribution < 1.29 is 23.1 Å². The molecule has 0 aromatic heterocycles. The first-order valence-corrected chi connectivity index (χ1v) is 6.33. The number of halogens is 3. The average Bonchev–Trinajstić information content (AvgIpc) is 2.35. The molecule has 1 aromatic carbocycles. The number of hydrogen-bond donors (Lipinski definition) is 2. The smallest absolute Gasteiger partial charge is 0.416 e. The van der Waals surface area contributed by atoms with E-state index in [0.717, 1.165) is 17.7 Å². The van der Waals surface area contributed by atoms with Crippen LogP contribution in [0.1, 0.15) is 24.5 Å². The Hall–Kier alpha value is -1.56. The number of carboxylic acids is 1. The molecule has 0 fully saturated rings. The first-order chi connectivity index (χ1) is 9.24. The summed E-state index contributed by atoms with van der Waals surface area (Å²) in [6.45, 7) is 1.93. The van der Waals surface area contributed by atoms with Crippen molar-refractivity contribution in [2.75, 3.05) is 6.54 Å². The molecule has 20 heavy (non-hydrogen) atoms. The highest BCUT2D eigenvalue weighted by Crippen LogP contribution is 2.29. The van der Waals surface area contributed by atoms with Crippen LogP contribution in [0, 0.1) is 11.8 Å². The standard InChI is InChI=1S/C14H18F3NO2/c1-9(7-11(8-18)13(19)20)6-10-2-4-12(5-3-10)14(15,16)17/h2-5,9,11H,6-8,18H2,1H3,(H,19,20). The van der Waals surface area contributed by atoms with Gasteiger partial charge >= 0.3 is 12.1 Å². The van der Waals surface area contributed by atoms with E-state index in [-0.39, 0.29) is 12.5 Å². The fourth-order valence-corrected chi connectivity index (χ4v) is 2.10. The van der Waals surface area contributed by atoms with Crippen molar-refractivity contribution >= 4 is 5.97 Å². The summed E-state index contributed by atoms with van der Waals surface area (Å²) >= 11 is 0. The molecule has 6 heteroatoms. The Kier molecular flexibility index (Phi) is 5.56. The van der Waals surface area contributed by atoms with E-state index < -0.39 is 23.6 Å². The Morgan fingerprint density at radius 1 is 1.30 bits per heavy atom. The number of nitrogens with two attached hydrogens (primary N) is 1. The molecule has 3 nitrogen and oxygen atoms in total. The topological polar surface area (TPSA) is 63.3 Å². The quantitative estimate of drug-likeness (QED) is 0.846. The minimum atomic E-state index is -4.34. The van der Waals surface area contributed by atoms with E-state index in [1.165, 1.54) is 12.1 Å². The Morgan fingerprint density at radius 2 is 1.85 bits per heavy atom. The molecule has 1 rings (SSSR count). The van der Waals surface area contributed by atoms with Crippen molar-refractivity contribution in [3.05, 3.63) is 35.4 Å². The molecule has 0 aliphatic rings. The Balaban J connectivity index is 2.62. The van der Waals surface area contributed by atoms with Crippen molar-refractivity contribution in [1.82, 2.24) is 0 Å². The second-order valence-corrected chi connectivity index (χ2v) is 5.01. The number of carbonyl (C=O) groups is 1. The van der Waals surface area contributed by atoms with Gasteiger partial charge in [-0.2, -0.15) is 13.2 Å². The Labute approximate surface area is 115 Å². The van der Waals surface area contributed by atoms with Crippen molar-refractivity contribution in [2.24, 2.45) is 17.6 Å². The normalized spacial score (nSPS) is 14.8. The summed E-state index contributed by atoms with van der Waals surface area (Å²) < 4.78 is 37.2. The summed E-state index contributed by atoms with van der Waals surface area (Å²) in [6, 6.07) is 4.94. The van der Waals surface area contributed by atoms with Gasteiger partial charge in [0.15, 0.2) is 0 Å². The number of hydrogen-bond acceptors (Lipinski definition) is 2. The van der Waals surface area contributed by atoms with Crippen LogP contribution in [0.5, 0.6) is 0 Å². The maximum absolute atomic E-state index is 12.4. The highest BCUT2D eigenvalue weighted by atomic mass is 19.4. The van der Waals surface area contributed by atoms with E-state index in [2.05, 4.69) is 0 Å². The molecule has 1 aromatic rings. The molecule has 0 aliphatic heterocycles. The van der Waals surface area contributed by atoms with Gasteiger partial charge < -0.3 is 10.8 Å². The van der Waals surface area contributed by atoms with Gasteiger partial charge in [0.25, 0.3) is 0 Å². The SMILES string of the molecule is CC(Cc1ccc(C(F)(F)F)cc1)CC(CN)C(=O)O. The predicted molar refractivity (Wildman–Crippen MR) is 69.1 cm³/mol. The molecule has 2 atom stereocenters. The van der Waals surface area contributed by atoms with Crippen LogP contribution in [-0.2, 0) is 17.4 Å². The monoisotopic (exact) mass is 289 g/mol. The van der Waals surface area contributed by atoms with Crippen molar-refractivity contribution in [2.45, 2.75) is 25.9 Å². The van der Waals surface area contributed by atoms with Crippen LogP contribution >= 0.6 is 0 Å². The van der Waals surface area contributed by atoms with E-state index in [0.29, 0.717) is 12.8 Å².